The van der Waals surface area contributed by atoms with E-state index in [0.717, 1.165) is 37.2 Å². The van der Waals surface area contributed by atoms with E-state index in [1.165, 1.54) is 12.8 Å². The summed E-state index contributed by atoms with van der Waals surface area (Å²) < 4.78 is 0. The zero-order valence-electron chi connectivity index (χ0n) is 17.0. The summed E-state index contributed by atoms with van der Waals surface area (Å²) in [6, 6.07) is 0. The number of hydrogen-bond donors (Lipinski definition) is 0. The van der Waals surface area contributed by atoms with Crippen LogP contribution in [0.3, 0.4) is 0 Å². The molecule has 26 heavy (non-hydrogen) atoms. The summed E-state index contributed by atoms with van der Waals surface area (Å²) in [5.41, 5.74) is 1.47. The molecule has 1 fully saturated rings. The number of aldehydes is 1. The van der Waals surface area contributed by atoms with Gasteiger partial charge in [-0.1, -0.05) is 65.7 Å². The fourth-order valence-corrected chi connectivity index (χ4v) is 2.98. The van der Waals surface area contributed by atoms with E-state index in [2.05, 4.69) is 34.3 Å². The summed E-state index contributed by atoms with van der Waals surface area (Å²) in [6.45, 7) is 14.5. The number of nitrogens with zero attached hydrogens (tertiary/aromatic N) is 2. The minimum absolute atomic E-state index is 0.0337. The van der Waals surface area contributed by atoms with Crippen LogP contribution in [0.5, 0.6) is 0 Å². The molecule has 146 valence electrons. The summed E-state index contributed by atoms with van der Waals surface area (Å²) in [4.78, 5) is 27.5. The highest BCUT2D eigenvalue weighted by Crippen LogP contribution is 2.19. The van der Waals surface area contributed by atoms with E-state index < -0.39 is 0 Å². The number of hydrogen-bond acceptors (Lipinski definition) is 3. The van der Waals surface area contributed by atoms with Crippen LogP contribution in [0.4, 0.5) is 0 Å². The van der Waals surface area contributed by atoms with Crippen molar-refractivity contribution in [1.82, 2.24) is 9.80 Å². The Bertz CT molecular complexity index is 536. The maximum atomic E-state index is 12.5. The molecule has 0 aliphatic carbocycles. The molecule has 1 aliphatic rings. The molecule has 1 amide bonds. The van der Waals surface area contributed by atoms with Crippen molar-refractivity contribution in [2.75, 3.05) is 19.6 Å². The van der Waals surface area contributed by atoms with Crippen LogP contribution in [0.2, 0.25) is 0 Å². The summed E-state index contributed by atoms with van der Waals surface area (Å²) in [6.07, 6.45) is 12.0. The number of carbonyl (C=O) groups excluding carboxylic acids is 2. The molecule has 0 saturated carbocycles. The van der Waals surface area contributed by atoms with E-state index >= 15 is 0 Å². The van der Waals surface area contributed by atoms with E-state index in [9.17, 15) is 9.59 Å². The second-order valence-corrected chi connectivity index (χ2v) is 7.44. The Morgan fingerprint density at radius 2 is 1.96 bits per heavy atom. The Balaban J connectivity index is 2.55. The number of allylic oxidation sites excluding steroid dienone is 3. The summed E-state index contributed by atoms with van der Waals surface area (Å²) >= 11 is 0. The maximum absolute atomic E-state index is 12.5. The van der Waals surface area contributed by atoms with E-state index in [0.29, 0.717) is 31.2 Å². The van der Waals surface area contributed by atoms with Gasteiger partial charge in [-0.05, 0) is 30.8 Å². The van der Waals surface area contributed by atoms with Crippen molar-refractivity contribution in [1.29, 1.82) is 0 Å². The molecule has 2 atom stereocenters. The third-order valence-electron chi connectivity index (χ3n) is 5.11. The van der Waals surface area contributed by atoms with Crippen molar-refractivity contribution < 1.29 is 9.59 Å². The minimum atomic E-state index is 0.0337. The van der Waals surface area contributed by atoms with Crippen LogP contribution in [0.25, 0.3) is 0 Å². The van der Waals surface area contributed by atoms with Gasteiger partial charge in [-0.2, -0.15) is 0 Å². The van der Waals surface area contributed by atoms with Crippen LogP contribution in [-0.2, 0) is 9.59 Å². The topological polar surface area (TPSA) is 40.6 Å². The second kappa shape index (κ2) is 11.7. The SMILES string of the molecule is C=C1CN(C(=O)/C=C/C(C)CCC(C)CC)CCN1/C(C=O)=C\CCC. The van der Waals surface area contributed by atoms with Gasteiger partial charge in [0.05, 0.1) is 12.2 Å². The minimum Gasteiger partial charge on any atom is -0.340 e. The molecular weight excluding hydrogens is 324 g/mol. The summed E-state index contributed by atoms with van der Waals surface area (Å²) in [7, 11) is 0. The highest BCUT2D eigenvalue weighted by molar-refractivity contribution is 5.88. The van der Waals surface area contributed by atoms with Crippen molar-refractivity contribution in [2.45, 2.75) is 59.8 Å². The molecule has 1 heterocycles. The standard InChI is InChI=1S/C22H36N2O2/c1-6-8-9-21(17-25)24-15-14-23(16-20(24)5)22(26)13-12-19(4)11-10-18(3)7-2/h9,12-13,17-19H,5-8,10-11,14-16H2,1-4H3/b13-12+,21-9-. The molecule has 2 unspecified atom stereocenters. The predicted octanol–water partition coefficient (Wildman–Crippen LogP) is 4.55. The van der Waals surface area contributed by atoms with Crippen molar-refractivity contribution in [3.05, 3.63) is 36.2 Å². The summed E-state index contributed by atoms with van der Waals surface area (Å²) in [5, 5.41) is 0. The van der Waals surface area contributed by atoms with Gasteiger partial charge in [-0.25, -0.2) is 0 Å². The third-order valence-corrected chi connectivity index (χ3v) is 5.11. The first-order valence-corrected chi connectivity index (χ1v) is 10.0. The Kier molecular flexibility index (Phi) is 10.0. The highest BCUT2D eigenvalue weighted by Gasteiger charge is 2.24. The monoisotopic (exact) mass is 360 g/mol. The van der Waals surface area contributed by atoms with Gasteiger partial charge >= 0.3 is 0 Å². The lowest BCUT2D eigenvalue weighted by molar-refractivity contribution is -0.126. The van der Waals surface area contributed by atoms with E-state index in [1.54, 1.807) is 11.0 Å². The van der Waals surface area contributed by atoms with Gasteiger partial charge in [-0.15, -0.1) is 0 Å². The van der Waals surface area contributed by atoms with Crippen molar-refractivity contribution >= 4 is 12.2 Å². The lowest BCUT2D eigenvalue weighted by atomic mass is 9.96. The highest BCUT2D eigenvalue weighted by atomic mass is 16.2. The van der Waals surface area contributed by atoms with Crippen LogP contribution in [-0.4, -0.2) is 41.6 Å². The molecule has 0 bridgehead atoms. The summed E-state index contributed by atoms with van der Waals surface area (Å²) in [5.74, 6) is 1.19. The molecule has 4 heteroatoms. The smallest absolute Gasteiger partial charge is 0.246 e. The Hall–Kier alpha value is -1.84. The Morgan fingerprint density at radius 1 is 1.23 bits per heavy atom. The van der Waals surface area contributed by atoms with E-state index in [1.807, 2.05) is 17.1 Å². The predicted molar refractivity (Wildman–Crippen MR) is 108 cm³/mol. The van der Waals surface area contributed by atoms with E-state index in [4.69, 9.17) is 0 Å². The van der Waals surface area contributed by atoms with Crippen molar-refractivity contribution in [3.63, 3.8) is 0 Å². The second-order valence-electron chi connectivity index (χ2n) is 7.44. The average molecular weight is 361 g/mol. The van der Waals surface area contributed by atoms with Crippen LogP contribution in [0.1, 0.15) is 59.8 Å². The van der Waals surface area contributed by atoms with Gasteiger partial charge < -0.3 is 9.80 Å². The fraction of sp³-hybridized carbons (Fsp3) is 0.636. The van der Waals surface area contributed by atoms with Crippen molar-refractivity contribution in [2.24, 2.45) is 11.8 Å². The van der Waals surface area contributed by atoms with Gasteiger partial charge in [0.1, 0.15) is 0 Å². The van der Waals surface area contributed by atoms with Gasteiger partial charge in [-0.3, -0.25) is 9.59 Å². The molecule has 0 aromatic heterocycles. The molecule has 0 spiro atoms. The molecule has 0 aromatic carbocycles. The lowest BCUT2D eigenvalue weighted by Crippen LogP contribution is -2.46. The number of carbonyl (C=O) groups is 2. The molecule has 4 nitrogen and oxygen atoms in total. The van der Waals surface area contributed by atoms with E-state index in [-0.39, 0.29) is 5.91 Å². The van der Waals surface area contributed by atoms with Crippen LogP contribution >= 0.6 is 0 Å². The van der Waals surface area contributed by atoms with Crippen LogP contribution in [0.15, 0.2) is 36.2 Å². The molecule has 0 aromatic rings. The zero-order chi connectivity index (χ0) is 19.5. The molecule has 1 rings (SSSR count). The first kappa shape index (κ1) is 22.2. The Morgan fingerprint density at radius 3 is 2.54 bits per heavy atom. The van der Waals surface area contributed by atoms with Crippen molar-refractivity contribution in [3.8, 4) is 0 Å². The molecule has 0 N–H and O–H groups in total. The number of amides is 1. The largest absolute Gasteiger partial charge is 0.340 e. The quantitative estimate of drug-likeness (QED) is 0.424. The Labute approximate surface area is 159 Å². The van der Waals surface area contributed by atoms with Gasteiger partial charge in [0.2, 0.25) is 5.91 Å². The maximum Gasteiger partial charge on any atom is 0.246 e. The number of piperazine rings is 1. The third kappa shape index (κ3) is 7.19. The van der Waals surface area contributed by atoms with Gasteiger partial charge in [0, 0.05) is 18.8 Å². The molecular formula is C22H36N2O2. The molecule has 0 radical (unpaired) electrons. The number of rotatable bonds is 10. The van der Waals surface area contributed by atoms with Crippen LogP contribution < -0.4 is 0 Å². The average Bonchev–Trinajstić information content (AvgIpc) is 2.65. The fourth-order valence-electron chi connectivity index (χ4n) is 2.98. The lowest BCUT2D eigenvalue weighted by Gasteiger charge is -2.37. The molecule has 1 saturated heterocycles. The number of unbranched alkanes of at least 4 members (excludes halogenated alkanes) is 1. The van der Waals surface area contributed by atoms with Gasteiger partial charge in [0.25, 0.3) is 0 Å². The normalized spacial score (nSPS) is 18.3. The first-order chi connectivity index (χ1) is 12.4. The van der Waals surface area contributed by atoms with Gasteiger partial charge in [0.15, 0.2) is 6.29 Å². The zero-order valence-corrected chi connectivity index (χ0v) is 17.0. The molecule has 1 aliphatic heterocycles. The first-order valence-electron chi connectivity index (χ1n) is 10.0. The van der Waals surface area contributed by atoms with Crippen LogP contribution in [0, 0.1) is 11.8 Å².